The molecular weight excluding hydrogens is 454 g/mol. The number of nitrogens with zero attached hydrogens (tertiary/aromatic N) is 4. The van der Waals surface area contributed by atoms with Gasteiger partial charge in [0, 0.05) is 50.5 Å². The third-order valence-corrected chi connectivity index (χ3v) is 5.99. The van der Waals surface area contributed by atoms with Gasteiger partial charge in [0.15, 0.2) is 18.2 Å². The Morgan fingerprint density at radius 3 is 2.62 bits per heavy atom. The molecule has 3 aromatic rings. The number of likely N-dealkylation sites (tertiary alicyclic amines) is 1. The number of imidazole rings is 1. The van der Waals surface area contributed by atoms with Gasteiger partial charge in [0.25, 0.3) is 5.92 Å². The number of hydrogen-bond donors (Lipinski definition) is 1. The minimum absolute atomic E-state index is 0.0338. The summed E-state index contributed by atoms with van der Waals surface area (Å²) in [5, 5.41) is 13.9. The molecule has 4 rings (SSSR count). The van der Waals surface area contributed by atoms with Crippen molar-refractivity contribution in [1.29, 1.82) is 0 Å². The average Bonchev–Trinajstić information content (AvgIpc) is 3.19. The fourth-order valence-corrected chi connectivity index (χ4v) is 4.10. The standard InChI is InChI=1S/C23H23F4N5O2/c1-15(31-7-4-23(26,27)20(12-31)17-2-5-32(34)6-3-17)22(33)29-21-13-30(14-28-21)11-16-8-18(24)10-19(25)9-16/h2-3,5-6,8-10,13-15,20H,4,7,11-12H2,1H3,(H,29,33)/t15?,20-/m1/s1. The van der Waals surface area contributed by atoms with Gasteiger partial charge in [-0.2, -0.15) is 4.73 Å². The summed E-state index contributed by atoms with van der Waals surface area (Å²) in [5.74, 6) is -5.68. The summed E-state index contributed by atoms with van der Waals surface area (Å²) in [6.07, 6.45) is 4.87. The highest BCUT2D eigenvalue weighted by Gasteiger charge is 2.46. The van der Waals surface area contributed by atoms with Gasteiger partial charge in [0.05, 0.1) is 18.3 Å². The molecule has 0 aliphatic carbocycles. The first kappa shape index (κ1) is 23.7. The van der Waals surface area contributed by atoms with Gasteiger partial charge >= 0.3 is 0 Å². The van der Waals surface area contributed by atoms with E-state index in [2.05, 4.69) is 10.3 Å². The molecule has 1 N–H and O–H groups in total. The summed E-state index contributed by atoms with van der Waals surface area (Å²) in [4.78, 5) is 18.5. The van der Waals surface area contributed by atoms with E-state index >= 15 is 0 Å². The summed E-state index contributed by atoms with van der Waals surface area (Å²) in [6.45, 7) is 1.76. The molecule has 180 valence electrons. The number of piperidine rings is 1. The number of carbonyl (C=O) groups excluding carboxylic acids is 1. The van der Waals surface area contributed by atoms with Gasteiger partial charge in [-0.25, -0.2) is 22.5 Å². The van der Waals surface area contributed by atoms with Gasteiger partial charge in [-0.15, -0.1) is 0 Å². The van der Waals surface area contributed by atoms with E-state index in [0.29, 0.717) is 15.9 Å². The molecule has 2 atom stereocenters. The van der Waals surface area contributed by atoms with Crippen molar-refractivity contribution in [2.24, 2.45) is 0 Å². The van der Waals surface area contributed by atoms with Crippen molar-refractivity contribution in [2.45, 2.75) is 37.8 Å². The van der Waals surface area contributed by atoms with Crippen LogP contribution in [0.3, 0.4) is 0 Å². The monoisotopic (exact) mass is 477 g/mol. The molecule has 0 saturated carbocycles. The van der Waals surface area contributed by atoms with E-state index in [1.54, 1.807) is 16.4 Å². The number of amides is 1. The Labute approximate surface area is 193 Å². The zero-order valence-electron chi connectivity index (χ0n) is 18.3. The molecule has 1 aromatic carbocycles. The maximum Gasteiger partial charge on any atom is 0.257 e. The first-order valence-corrected chi connectivity index (χ1v) is 10.7. The molecule has 1 amide bonds. The van der Waals surface area contributed by atoms with E-state index in [1.807, 2.05) is 0 Å². The van der Waals surface area contributed by atoms with Crippen molar-refractivity contribution in [2.75, 3.05) is 18.4 Å². The van der Waals surface area contributed by atoms with Crippen LogP contribution in [0.25, 0.3) is 0 Å². The zero-order chi connectivity index (χ0) is 24.5. The van der Waals surface area contributed by atoms with Gasteiger partial charge in [-0.05, 0) is 30.2 Å². The first-order chi connectivity index (χ1) is 16.1. The predicted octanol–water partition coefficient (Wildman–Crippen LogP) is 3.29. The minimum atomic E-state index is -2.96. The van der Waals surface area contributed by atoms with Gasteiger partial charge < -0.3 is 15.1 Å². The Balaban J connectivity index is 1.40. The van der Waals surface area contributed by atoms with Crippen LogP contribution in [-0.2, 0) is 11.3 Å². The molecule has 2 aromatic heterocycles. The lowest BCUT2D eigenvalue weighted by atomic mass is 9.87. The van der Waals surface area contributed by atoms with Crippen molar-refractivity contribution >= 4 is 11.7 Å². The van der Waals surface area contributed by atoms with Crippen LogP contribution >= 0.6 is 0 Å². The van der Waals surface area contributed by atoms with Gasteiger partial charge in [0.2, 0.25) is 5.91 Å². The highest BCUT2D eigenvalue weighted by atomic mass is 19.3. The minimum Gasteiger partial charge on any atom is -0.619 e. The summed E-state index contributed by atoms with van der Waals surface area (Å²) in [6, 6.07) is 5.22. The second kappa shape index (κ2) is 9.41. The topological polar surface area (TPSA) is 77.1 Å². The maximum absolute atomic E-state index is 14.6. The second-order valence-electron chi connectivity index (χ2n) is 8.42. The smallest absolute Gasteiger partial charge is 0.257 e. The van der Waals surface area contributed by atoms with Gasteiger partial charge in [-0.3, -0.25) is 9.69 Å². The molecule has 1 fully saturated rings. The summed E-state index contributed by atoms with van der Waals surface area (Å²) >= 11 is 0. The zero-order valence-corrected chi connectivity index (χ0v) is 18.3. The van der Waals surface area contributed by atoms with Crippen molar-refractivity contribution in [1.82, 2.24) is 14.5 Å². The van der Waals surface area contributed by atoms with Gasteiger partial charge in [-0.1, -0.05) is 0 Å². The van der Waals surface area contributed by atoms with Crippen LogP contribution in [-0.4, -0.2) is 45.4 Å². The first-order valence-electron chi connectivity index (χ1n) is 10.7. The number of benzene rings is 1. The molecule has 34 heavy (non-hydrogen) atoms. The van der Waals surface area contributed by atoms with Crippen molar-refractivity contribution in [3.05, 3.63) is 83.2 Å². The summed E-state index contributed by atoms with van der Waals surface area (Å²) in [5.41, 5.74) is 0.729. The number of nitrogens with one attached hydrogen (secondary N) is 1. The molecule has 1 aliphatic heterocycles. The van der Waals surface area contributed by atoms with Crippen LogP contribution in [0.4, 0.5) is 23.4 Å². The fraction of sp³-hybridized carbons (Fsp3) is 0.348. The number of carbonyl (C=O) groups is 1. The van der Waals surface area contributed by atoms with E-state index in [9.17, 15) is 27.6 Å². The Kier molecular flexibility index (Phi) is 6.56. The Hall–Kier alpha value is -3.47. The van der Waals surface area contributed by atoms with E-state index in [0.717, 1.165) is 6.07 Å². The molecule has 0 spiro atoms. The SMILES string of the molecule is CC(C(=O)Nc1cn(Cc2cc(F)cc(F)c2)cn1)N1CCC(F)(F)[C@@H](c2cc[n+]([O-])cc2)C1. The lowest BCUT2D eigenvalue weighted by Crippen LogP contribution is -2.52. The molecular formula is C23H23F4N5O2. The van der Waals surface area contributed by atoms with E-state index in [4.69, 9.17) is 0 Å². The van der Waals surface area contributed by atoms with Crippen LogP contribution in [0.1, 0.15) is 30.4 Å². The normalized spacial score (nSPS) is 19.0. The Morgan fingerprint density at radius 2 is 1.94 bits per heavy atom. The fourth-order valence-electron chi connectivity index (χ4n) is 4.10. The molecule has 0 bridgehead atoms. The second-order valence-corrected chi connectivity index (χ2v) is 8.42. The number of alkyl halides is 2. The van der Waals surface area contributed by atoms with Crippen LogP contribution < -0.4 is 10.0 Å². The molecule has 11 heteroatoms. The Bertz CT molecular complexity index is 1150. The quantitative estimate of drug-likeness (QED) is 0.336. The number of rotatable bonds is 6. The molecule has 1 saturated heterocycles. The highest BCUT2D eigenvalue weighted by molar-refractivity contribution is 5.93. The number of pyridine rings is 1. The number of anilines is 1. The summed E-state index contributed by atoms with van der Waals surface area (Å²) < 4.78 is 58.1. The Morgan fingerprint density at radius 1 is 1.26 bits per heavy atom. The molecule has 1 aliphatic rings. The van der Waals surface area contributed by atoms with E-state index in [1.165, 1.54) is 49.2 Å². The number of hydrogen-bond acceptors (Lipinski definition) is 4. The molecule has 0 radical (unpaired) electrons. The molecule has 7 nitrogen and oxygen atoms in total. The maximum atomic E-state index is 14.6. The van der Waals surface area contributed by atoms with Crippen molar-refractivity contribution in [3.8, 4) is 0 Å². The van der Waals surface area contributed by atoms with Crippen LogP contribution in [0.2, 0.25) is 0 Å². The van der Waals surface area contributed by atoms with E-state index in [-0.39, 0.29) is 25.5 Å². The predicted molar refractivity (Wildman–Crippen MR) is 115 cm³/mol. The lowest BCUT2D eigenvalue weighted by Gasteiger charge is -2.40. The number of aromatic nitrogens is 3. The van der Waals surface area contributed by atoms with Crippen LogP contribution in [0.5, 0.6) is 0 Å². The highest BCUT2D eigenvalue weighted by Crippen LogP contribution is 2.40. The molecule has 1 unspecified atom stereocenters. The van der Waals surface area contributed by atoms with E-state index < -0.39 is 41.8 Å². The van der Waals surface area contributed by atoms with Crippen LogP contribution in [0, 0.1) is 16.8 Å². The van der Waals surface area contributed by atoms with Crippen molar-refractivity contribution < 1.29 is 27.1 Å². The van der Waals surface area contributed by atoms with Gasteiger partial charge in [0.1, 0.15) is 11.6 Å². The average molecular weight is 477 g/mol. The number of halogens is 4. The lowest BCUT2D eigenvalue weighted by molar-refractivity contribution is -0.605. The third kappa shape index (κ3) is 5.36. The summed E-state index contributed by atoms with van der Waals surface area (Å²) in [7, 11) is 0. The molecule has 3 heterocycles. The van der Waals surface area contributed by atoms with Crippen LogP contribution in [0.15, 0.2) is 55.2 Å². The third-order valence-electron chi connectivity index (χ3n) is 5.99. The largest absolute Gasteiger partial charge is 0.619 e. The van der Waals surface area contributed by atoms with Crippen molar-refractivity contribution in [3.63, 3.8) is 0 Å².